The molecular weight excluding hydrogens is 240 g/mol. The third-order valence-electron chi connectivity index (χ3n) is 3.19. The molecule has 1 amide bonds. The zero-order chi connectivity index (χ0) is 13.7. The molecule has 0 saturated carbocycles. The number of nitrogens with zero attached hydrogens (tertiary/aromatic N) is 1. The van der Waals surface area contributed by atoms with Crippen LogP contribution in [0, 0.1) is 12.3 Å². The van der Waals surface area contributed by atoms with Crippen LogP contribution >= 0.6 is 0 Å². The van der Waals surface area contributed by atoms with Crippen LogP contribution in [0.15, 0.2) is 24.3 Å². The molecule has 1 unspecified atom stereocenters. The maximum Gasteiger partial charge on any atom is 0.257 e. The Morgan fingerprint density at radius 1 is 1.58 bits per heavy atom. The minimum atomic E-state index is 0.00150. The second kappa shape index (κ2) is 6.26. The van der Waals surface area contributed by atoms with Gasteiger partial charge in [-0.1, -0.05) is 18.1 Å². The summed E-state index contributed by atoms with van der Waals surface area (Å²) in [5, 5.41) is 3.27. The number of amides is 1. The summed E-state index contributed by atoms with van der Waals surface area (Å²) in [7, 11) is 0. The minimum Gasteiger partial charge on any atom is -0.480 e. The minimum absolute atomic E-state index is 0.00150. The van der Waals surface area contributed by atoms with Crippen LogP contribution in [0.25, 0.3) is 0 Å². The van der Waals surface area contributed by atoms with Crippen molar-refractivity contribution in [2.75, 3.05) is 26.2 Å². The molecule has 2 rings (SSSR count). The van der Waals surface area contributed by atoms with Crippen molar-refractivity contribution in [2.24, 2.45) is 0 Å². The van der Waals surface area contributed by atoms with Crippen LogP contribution in [-0.4, -0.2) is 43.1 Å². The number of benzene rings is 1. The van der Waals surface area contributed by atoms with Crippen LogP contribution in [0.1, 0.15) is 17.3 Å². The Hall–Kier alpha value is -1.99. The predicted octanol–water partition coefficient (Wildman–Crippen LogP) is 1.13. The first-order chi connectivity index (χ1) is 9.24. The summed E-state index contributed by atoms with van der Waals surface area (Å²) in [5.41, 5.74) is 0.575. The Labute approximate surface area is 113 Å². The van der Waals surface area contributed by atoms with Gasteiger partial charge < -0.3 is 15.0 Å². The first-order valence-corrected chi connectivity index (χ1v) is 6.41. The molecular formula is C15H18N2O2. The van der Waals surface area contributed by atoms with Crippen LogP contribution in [-0.2, 0) is 0 Å². The number of rotatable bonds is 3. The molecule has 100 valence electrons. The lowest BCUT2D eigenvalue weighted by Gasteiger charge is -2.34. The summed E-state index contributed by atoms with van der Waals surface area (Å²) in [6.45, 7) is 4.56. The highest BCUT2D eigenvalue weighted by molar-refractivity contribution is 5.97. The van der Waals surface area contributed by atoms with E-state index in [0.717, 1.165) is 13.1 Å². The molecule has 0 radical (unpaired) electrons. The van der Waals surface area contributed by atoms with E-state index in [1.54, 1.807) is 12.1 Å². The Kier molecular flexibility index (Phi) is 4.43. The van der Waals surface area contributed by atoms with E-state index in [1.807, 2.05) is 24.0 Å². The van der Waals surface area contributed by atoms with Crippen molar-refractivity contribution < 1.29 is 9.53 Å². The van der Waals surface area contributed by atoms with Crippen molar-refractivity contribution in [3.05, 3.63) is 29.8 Å². The van der Waals surface area contributed by atoms with Crippen molar-refractivity contribution >= 4 is 5.91 Å². The lowest BCUT2D eigenvalue weighted by atomic mass is 10.1. The topological polar surface area (TPSA) is 41.6 Å². The molecule has 1 aromatic carbocycles. The lowest BCUT2D eigenvalue weighted by molar-refractivity contribution is 0.0652. The van der Waals surface area contributed by atoms with Crippen molar-refractivity contribution in [3.63, 3.8) is 0 Å². The Bertz CT molecular complexity index is 493. The molecule has 1 aliphatic heterocycles. The second-order valence-electron chi connectivity index (χ2n) is 4.54. The predicted molar refractivity (Wildman–Crippen MR) is 74.1 cm³/mol. The molecule has 0 bridgehead atoms. The van der Waals surface area contributed by atoms with Gasteiger partial charge in [-0.05, 0) is 19.1 Å². The Balaban J connectivity index is 2.20. The average Bonchev–Trinajstić information content (AvgIpc) is 2.45. The van der Waals surface area contributed by atoms with Crippen molar-refractivity contribution in [3.8, 4) is 18.1 Å². The van der Waals surface area contributed by atoms with Gasteiger partial charge in [0, 0.05) is 25.7 Å². The molecule has 0 aromatic heterocycles. The summed E-state index contributed by atoms with van der Waals surface area (Å²) in [4.78, 5) is 14.4. The molecule has 19 heavy (non-hydrogen) atoms. The van der Waals surface area contributed by atoms with Gasteiger partial charge in [0.05, 0.1) is 5.56 Å². The SMILES string of the molecule is C#CCOc1ccccc1C(=O)N1CCNCC1C. The monoisotopic (exact) mass is 258 g/mol. The summed E-state index contributed by atoms with van der Waals surface area (Å²) < 4.78 is 5.43. The molecule has 1 fully saturated rings. The number of carbonyl (C=O) groups excluding carboxylic acids is 1. The van der Waals surface area contributed by atoms with E-state index in [2.05, 4.69) is 11.2 Å². The third kappa shape index (κ3) is 3.07. The van der Waals surface area contributed by atoms with Gasteiger partial charge in [0.15, 0.2) is 0 Å². The average molecular weight is 258 g/mol. The van der Waals surface area contributed by atoms with Gasteiger partial charge in [-0.3, -0.25) is 4.79 Å². The van der Waals surface area contributed by atoms with Gasteiger partial charge in [0.1, 0.15) is 12.4 Å². The quantitative estimate of drug-likeness (QED) is 0.826. The molecule has 1 saturated heterocycles. The van der Waals surface area contributed by atoms with Crippen molar-refractivity contribution in [1.82, 2.24) is 10.2 Å². The fourth-order valence-electron chi connectivity index (χ4n) is 2.19. The first-order valence-electron chi connectivity index (χ1n) is 6.41. The molecule has 0 aliphatic carbocycles. The lowest BCUT2D eigenvalue weighted by Crippen LogP contribution is -2.52. The van der Waals surface area contributed by atoms with E-state index in [-0.39, 0.29) is 18.6 Å². The van der Waals surface area contributed by atoms with Crippen LogP contribution in [0.4, 0.5) is 0 Å². The number of carbonyl (C=O) groups is 1. The van der Waals surface area contributed by atoms with Gasteiger partial charge >= 0.3 is 0 Å². The van der Waals surface area contributed by atoms with Crippen LogP contribution in [0.5, 0.6) is 5.75 Å². The highest BCUT2D eigenvalue weighted by Crippen LogP contribution is 2.21. The van der Waals surface area contributed by atoms with E-state index in [9.17, 15) is 4.79 Å². The fourth-order valence-corrected chi connectivity index (χ4v) is 2.19. The standard InChI is InChI=1S/C15H18N2O2/c1-3-10-19-14-7-5-4-6-13(14)15(18)17-9-8-16-11-12(17)2/h1,4-7,12,16H,8-11H2,2H3. The van der Waals surface area contributed by atoms with Crippen LogP contribution < -0.4 is 10.1 Å². The first kappa shape index (κ1) is 13.4. The number of ether oxygens (including phenoxy) is 1. The molecule has 1 N–H and O–H groups in total. The Morgan fingerprint density at radius 3 is 3.11 bits per heavy atom. The van der Waals surface area contributed by atoms with Crippen molar-refractivity contribution in [2.45, 2.75) is 13.0 Å². The maximum atomic E-state index is 12.6. The number of nitrogens with one attached hydrogen (secondary N) is 1. The molecule has 1 heterocycles. The largest absolute Gasteiger partial charge is 0.480 e. The van der Waals surface area contributed by atoms with E-state index in [4.69, 9.17) is 11.2 Å². The second-order valence-corrected chi connectivity index (χ2v) is 4.54. The van der Waals surface area contributed by atoms with Gasteiger partial charge in [-0.15, -0.1) is 6.42 Å². The van der Waals surface area contributed by atoms with Gasteiger partial charge in [0.2, 0.25) is 0 Å². The van der Waals surface area contributed by atoms with E-state index >= 15 is 0 Å². The fraction of sp³-hybridized carbons (Fsp3) is 0.400. The number of hydrogen-bond acceptors (Lipinski definition) is 3. The highest BCUT2D eigenvalue weighted by Gasteiger charge is 2.25. The molecule has 0 spiro atoms. The number of piperazine rings is 1. The number of hydrogen-bond donors (Lipinski definition) is 1. The van der Waals surface area contributed by atoms with Crippen LogP contribution in [0.2, 0.25) is 0 Å². The normalized spacial score (nSPS) is 18.7. The van der Waals surface area contributed by atoms with E-state index in [0.29, 0.717) is 17.9 Å². The molecule has 4 nitrogen and oxygen atoms in total. The summed E-state index contributed by atoms with van der Waals surface area (Å²) in [5.74, 6) is 2.97. The zero-order valence-electron chi connectivity index (χ0n) is 11.1. The molecule has 1 aliphatic rings. The summed E-state index contributed by atoms with van der Waals surface area (Å²) in [6, 6.07) is 7.41. The maximum absolute atomic E-state index is 12.6. The molecule has 1 aromatic rings. The highest BCUT2D eigenvalue weighted by atomic mass is 16.5. The summed E-state index contributed by atoms with van der Waals surface area (Å²) >= 11 is 0. The van der Waals surface area contributed by atoms with Gasteiger partial charge in [-0.25, -0.2) is 0 Å². The summed E-state index contributed by atoms with van der Waals surface area (Å²) in [6.07, 6.45) is 5.19. The number of terminal acetylenes is 1. The molecule has 1 atom stereocenters. The number of para-hydroxylation sites is 1. The molecule has 4 heteroatoms. The zero-order valence-corrected chi connectivity index (χ0v) is 11.1. The van der Waals surface area contributed by atoms with Gasteiger partial charge in [-0.2, -0.15) is 0 Å². The smallest absolute Gasteiger partial charge is 0.257 e. The Morgan fingerprint density at radius 2 is 2.37 bits per heavy atom. The third-order valence-corrected chi connectivity index (χ3v) is 3.19. The van der Waals surface area contributed by atoms with Crippen LogP contribution in [0.3, 0.4) is 0 Å². The van der Waals surface area contributed by atoms with E-state index in [1.165, 1.54) is 0 Å². The van der Waals surface area contributed by atoms with Crippen molar-refractivity contribution in [1.29, 1.82) is 0 Å². The van der Waals surface area contributed by atoms with E-state index < -0.39 is 0 Å². The van der Waals surface area contributed by atoms with Gasteiger partial charge in [0.25, 0.3) is 5.91 Å².